The van der Waals surface area contributed by atoms with Crippen LogP contribution >= 0.6 is 0 Å². The third-order valence-electron chi connectivity index (χ3n) is 5.10. The number of nitrogens with zero attached hydrogens (tertiary/aromatic N) is 1. The number of aliphatic hydroxyl groups excluding tert-OH is 1. The molecule has 26 heavy (non-hydrogen) atoms. The van der Waals surface area contributed by atoms with Crippen molar-refractivity contribution in [3.05, 3.63) is 65.7 Å². The number of hydrogen-bond acceptors (Lipinski definition) is 3. The van der Waals surface area contributed by atoms with Crippen LogP contribution in [-0.2, 0) is 6.42 Å². The summed E-state index contributed by atoms with van der Waals surface area (Å²) >= 11 is 0. The fourth-order valence-electron chi connectivity index (χ4n) is 3.76. The number of rotatable bonds is 5. The van der Waals surface area contributed by atoms with Gasteiger partial charge in [-0.1, -0.05) is 42.2 Å². The van der Waals surface area contributed by atoms with Gasteiger partial charge in [0.1, 0.15) is 5.75 Å². The highest BCUT2D eigenvalue weighted by molar-refractivity contribution is 5.34. The van der Waals surface area contributed by atoms with Crippen molar-refractivity contribution in [2.24, 2.45) is 5.41 Å². The molecule has 0 aromatic heterocycles. The van der Waals surface area contributed by atoms with Gasteiger partial charge >= 0.3 is 0 Å². The van der Waals surface area contributed by atoms with E-state index in [1.54, 1.807) is 7.11 Å². The summed E-state index contributed by atoms with van der Waals surface area (Å²) in [5.74, 6) is 7.39. The highest BCUT2D eigenvalue weighted by atomic mass is 16.5. The van der Waals surface area contributed by atoms with Crippen molar-refractivity contribution < 1.29 is 9.84 Å². The topological polar surface area (TPSA) is 32.7 Å². The van der Waals surface area contributed by atoms with Crippen molar-refractivity contribution in [2.75, 3.05) is 33.4 Å². The molecule has 1 heterocycles. The smallest absolute Gasteiger partial charge is 0.119 e. The standard InChI is InChI=1S/C23H27NO2/c1-26-22-12-5-10-21(16-22)17-23(19-25)13-7-15-24(18-23)14-6-11-20-8-3-2-4-9-20/h2-5,8-10,12,16,25H,7,13-15,17-19H2,1H3/t23-/m0/s1. The minimum absolute atomic E-state index is 0.0982. The molecule has 0 aliphatic carbocycles. The normalized spacial score (nSPS) is 20.2. The van der Waals surface area contributed by atoms with Gasteiger partial charge in [-0.05, 0) is 55.6 Å². The van der Waals surface area contributed by atoms with E-state index < -0.39 is 0 Å². The van der Waals surface area contributed by atoms with E-state index in [0.717, 1.165) is 50.2 Å². The summed E-state index contributed by atoms with van der Waals surface area (Å²) in [7, 11) is 1.69. The molecule has 1 aliphatic heterocycles. The van der Waals surface area contributed by atoms with Crippen molar-refractivity contribution in [3.63, 3.8) is 0 Å². The Labute approximate surface area is 156 Å². The van der Waals surface area contributed by atoms with E-state index in [4.69, 9.17) is 4.74 Å². The molecule has 0 bridgehead atoms. The summed E-state index contributed by atoms with van der Waals surface area (Å²) in [6.07, 6.45) is 3.00. The first-order valence-electron chi connectivity index (χ1n) is 9.23. The lowest BCUT2D eigenvalue weighted by molar-refractivity contribution is 0.0383. The lowest BCUT2D eigenvalue weighted by atomic mass is 9.75. The molecule has 1 N–H and O–H groups in total. The Hall–Kier alpha value is -2.28. The molecule has 0 unspecified atom stereocenters. The van der Waals surface area contributed by atoms with E-state index in [2.05, 4.69) is 28.9 Å². The Morgan fingerprint density at radius 1 is 1.15 bits per heavy atom. The third kappa shape index (κ3) is 4.88. The minimum atomic E-state index is -0.0982. The first-order chi connectivity index (χ1) is 12.7. The molecule has 1 aliphatic rings. The molecular weight excluding hydrogens is 322 g/mol. The SMILES string of the molecule is COc1cccc(C[C@@]2(CO)CCCN(CC#Cc3ccccc3)C2)c1. The Balaban J connectivity index is 1.65. The van der Waals surface area contributed by atoms with Crippen LogP contribution in [0.1, 0.15) is 24.0 Å². The molecule has 3 heteroatoms. The predicted molar refractivity (Wildman–Crippen MR) is 105 cm³/mol. The van der Waals surface area contributed by atoms with E-state index in [0.29, 0.717) is 0 Å². The van der Waals surface area contributed by atoms with Crippen LogP contribution in [0, 0.1) is 17.3 Å². The maximum atomic E-state index is 10.2. The molecule has 0 spiro atoms. The number of methoxy groups -OCH3 is 1. The van der Waals surface area contributed by atoms with Crippen molar-refractivity contribution in [1.82, 2.24) is 4.90 Å². The van der Waals surface area contributed by atoms with Gasteiger partial charge in [0.2, 0.25) is 0 Å². The van der Waals surface area contributed by atoms with Crippen LogP contribution in [-0.4, -0.2) is 43.4 Å². The van der Waals surface area contributed by atoms with Crippen LogP contribution in [0.4, 0.5) is 0 Å². The fourth-order valence-corrected chi connectivity index (χ4v) is 3.76. The molecular formula is C23H27NO2. The maximum Gasteiger partial charge on any atom is 0.119 e. The Morgan fingerprint density at radius 3 is 2.77 bits per heavy atom. The number of hydrogen-bond donors (Lipinski definition) is 1. The molecule has 0 saturated carbocycles. The number of aliphatic hydroxyl groups is 1. The van der Waals surface area contributed by atoms with Gasteiger partial charge in [0.25, 0.3) is 0 Å². The second-order valence-electron chi connectivity index (χ2n) is 7.17. The lowest BCUT2D eigenvalue weighted by Crippen LogP contribution is -2.46. The molecule has 1 atom stereocenters. The van der Waals surface area contributed by atoms with Crippen LogP contribution in [0.5, 0.6) is 5.75 Å². The summed E-state index contributed by atoms with van der Waals surface area (Å²) in [4.78, 5) is 2.37. The summed E-state index contributed by atoms with van der Waals surface area (Å²) in [5.41, 5.74) is 2.17. The van der Waals surface area contributed by atoms with E-state index in [9.17, 15) is 5.11 Å². The number of likely N-dealkylation sites (tertiary alicyclic amines) is 1. The Morgan fingerprint density at radius 2 is 2.00 bits per heavy atom. The average Bonchev–Trinajstić information content (AvgIpc) is 2.69. The Kier molecular flexibility index (Phi) is 6.33. The minimum Gasteiger partial charge on any atom is -0.497 e. The van der Waals surface area contributed by atoms with Crippen LogP contribution in [0.15, 0.2) is 54.6 Å². The molecule has 3 rings (SSSR count). The third-order valence-corrected chi connectivity index (χ3v) is 5.10. The van der Waals surface area contributed by atoms with Crippen molar-refractivity contribution >= 4 is 0 Å². The highest BCUT2D eigenvalue weighted by Crippen LogP contribution is 2.34. The van der Waals surface area contributed by atoms with Gasteiger partial charge in [0.05, 0.1) is 20.3 Å². The second-order valence-corrected chi connectivity index (χ2v) is 7.17. The summed E-state index contributed by atoms with van der Waals surface area (Å²) in [6, 6.07) is 18.3. The Bertz CT molecular complexity index is 763. The molecule has 2 aromatic rings. The largest absolute Gasteiger partial charge is 0.497 e. The molecule has 1 fully saturated rings. The van der Waals surface area contributed by atoms with Crippen molar-refractivity contribution in [3.8, 4) is 17.6 Å². The number of ether oxygens (including phenoxy) is 1. The monoisotopic (exact) mass is 349 g/mol. The average molecular weight is 349 g/mol. The molecule has 3 nitrogen and oxygen atoms in total. The molecule has 1 saturated heterocycles. The van der Waals surface area contributed by atoms with Gasteiger partial charge in [-0.25, -0.2) is 0 Å². The van der Waals surface area contributed by atoms with Crippen LogP contribution in [0.2, 0.25) is 0 Å². The van der Waals surface area contributed by atoms with E-state index in [1.807, 2.05) is 42.5 Å². The van der Waals surface area contributed by atoms with Gasteiger partial charge in [0.15, 0.2) is 0 Å². The van der Waals surface area contributed by atoms with Gasteiger partial charge in [-0.2, -0.15) is 0 Å². The van der Waals surface area contributed by atoms with Gasteiger partial charge < -0.3 is 9.84 Å². The van der Waals surface area contributed by atoms with Gasteiger partial charge in [-0.3, -0.25) is 4.90 Å². The zero-order valence-electron chi connectivity index (χ0n) is 15.4. The van der Waals surface area contributed by atoms with Crippen LogP contribution < -0.4 is 4.74 Å². The van der Waals surface area contributed by atoms with E-state index in [-0.39, 0.29) is 12.0 Å². The van der Waals surface area contributed by atoms with Crippen LogP contribution in [0.25, 0.3) is 0 Å². The summed E-state index contributed by atoms with van der Waals surface area (Å²) in [5, 5.41) is 10.2. The zero-order chi connectivity index (χ0) is 18.2. The van der Waals surface area contributed by atoms with Gasteiger partial charge in [-0.15, -0.1) is 0 Å². The van der Waals surface area contributed by atoms with Crippen molar-refractivity contribution in [2.45, 2.75) is 19.3 Å². The first-order valence-corrected chi connectivity index (χ1v) is 9.23. The fraction of sp³-hybridized carbons (Fsp3) is 0.391. The van der Waals surface area contributed by atoms with Crippen LogP contribution in [0.3, 0.4) is 0 Å². The second kappa shape index (κ2) is 8.89. The molecule has 136 valence electrons. The van der Waals surface area contributed by atoms with E-state index >= 15 is 0 Å². The predicted octanol–water partition coefficient (Wildman–Crippen LogP) is 3.36. The summed E-state index contributed by atoms with van der Waals surface area (Å²) in [6.45, 7) is 2.87. The number of piperidine rings is 1. The van der Waals surface area contributed by atoms with Crippen molar-refractivity contribution in [1.29, 1.82) is 0 Å². The quantitative estimate of drug-likeness (QED) is 0.840. The number of benzene rings is 2. The van der Waals surface area contributed by atoms with E-state index in [1.165, 1.54) is 5.56 Å². The lowest BCUT2D eigenvalue weighted by Gasteiger charge is -2.41. The molecule has 0 radical (unpaired) electrons. The zero-order valence-corrected chi connectivity index (χ0v) is 15.4. The summed E-state index contributed by atoms with van der Waals surface area (Å²) < 4.78 is 5.34. The van der Waals surface area contributed by atoms with Gasteiger partial charge in [0, 0.05) is 17.5 Å². The highest BCUT2D eigenvalue weighted by Gasteiger charge is 2.34. The molecule has 2 aromatic carbocycles. The molecule has 0 amide bonds. The maximum absolute atomic E-state index is 10.2. The first kappa shape index (κ1) is 18.5.